The number of hydrogen-bond donors (Lipinski definition) is 5. The van der Waals surface area contributed by atoms with Crippen LogP contribution < -0.4 is 16.8 Å². The molecule has 0 aliphatic carbocycles. The number of anilines is 3. The number of pyridine rings is 1. The molecule has 4 rings (SSSR count). The summed E-state index contributed by atoms with van der Waals surface area (Å²) in [4.78, 5) is 28.9. The molecule has 0 radical (unpaired) electrons. The van der Waals surface area contributed by atoms with E-state index in [-0.39, 0.29) is 33.2 Å². The van der Waals surface area contributed by atoms with Gasteiger partial charge in [-0.1, -0.05) is 30.3 Å². The SMILES string of the molecule is N#Cc1c(N)nc2sc(C(=O)Nc3ccc(O)c(C(=O)O)c3)c(N)c2c1-c1ccccc1. The first kappa shape index (κ1) is 20.6. The Balaban J connectivity index is 1.84. The Hall–Kier alpha value is -4.62. The van der Waals surface area contributed by atoms with Crippen LogP contribution in [0.4, 0.5) is 17.2 Å². The van der Waals surface area contributed by atoms with Gasteiger partial charge in [0.1, 0.15) is 38.5 Å². The Kier molecular flexibility index (Phi) is 5.10. The van der Waals surface area contributed by atoms with Crippen molar-refractivity contribution in [2.75, 3.05) is 16.8 Å². The van der Waals surface area contributed by atoms with Crippen LogP contribution in [0.2, 0.25) is 0 Å². The van der Waals surface area contributed by atoms with Crippen LogP contribution in [-0.2, 0) is 0 Å². The molecule has 7 N–H and O–H groups in total. The van der Waals surface area contributed by atoms with Gasteiger partial charge in [0.05, 0.1) is 5.69 Å². The number of amides is 1. The Morgan fingerprint density at radius 2 is 1.84 bits per heavy atom. The zero-order chi connectivity index (χ0) is 23.0. The van der Waals surface area contributed by atoms with Crippen molar-refractivity contribution in [3.05, 3.63) is 64.5 Å². The number of aromatic carboxylic acids is 1. The van der Waals surface area contributed by atoms with Gasteiger partial charge in [-0.25, -0.2) is 9.78 Å². The lowest BCUT2D eigenvalue weighted by Gasteiger charge is -2.09. The van der Waals surface area contributed by atoms with Crippen molar-refractivity contribution < 1.29 is 19.8 Å². The molecule has 2 heterocycles. The summed E-state index contributed by atoms with van der Waals surface area (Å²) in [5, 5.41) is 31.5. The molecule has 0 aliphatic heterocycles. The first-order valence-corrected chi connectivity index (χ1v) is 9.98. The van der Waals surface area contributed by atoms with Crippen LogP contribution in [0.5, 0.6) is 5.75 Å². The van der Waals surface area contributed by atoms with Gasteiger partial charge < -0.3 is 27.0 Å². The molecule has 2 aromatic carbocycles. The van der Waals surface area contributed by atoms with Gasteiger partial charge in [-0.3, -0.25) is 4.79 Å². The largest absolute Gasteiger partial charge is 0.507 e. The van der Waals surface area contributed by atoms with Crippen LogP contribution in [0.25, 0.3) is 21.3 Å². The molecule has 0 saturated carbocycles. The summed E-state index contributed by atoms with van der Waals surface area (Å²) in [6.07, 6.45) is 0. The van der Waals surface area contributed by atoms with Crippen molar-refractivity contribution in [2.24, 2.45) is 0 Å². The molecule has 0 bridgehead atoms. The molecule has 0 saturated heterocycles. The lowest BCUT2D eigenvalue weighted by atomic mass is 9.97. The van der Waals surface area contributed by atoms with E-state index >= 15 is 0 Å². The summed E-state index contributed by atoms with van der Waals surface area (Å²) in [5.41, 5.74) is 13.6. The number of carboxylic acids is 1. The van der Waals surface area contributed by atoms with Gasteiger partial charge in [0.25, 0.3) is 5.91 Å². The molecule has 10 heteroatoms. The second kappa shape index (κ2) is 7.90. The quantitative estimate of drug-likeness (QED) is 0.296. The topological polar surface area (TPSA) is 175 Å². The number of carbonyl (C=O) groups is 2. The van der Waals surface area contributed by atoms with Gasteiger partial charge in [-0.2, -0.15) is 5.26 Å². The molecule has 0 spiro atoms. The number of aromatic hydroxyl groups is 1. The molecule has 2 aromatic heterocycles. The Labute approximate surface area is 185 Å². The van der Waals surface area contributed by atoms with E-state index in [1.807, 2.05) is 6.07 Å². The van der Waals surface area contributed by atoms with Gasteiger partial charge in [-0.15, -0.1) is 11.3 Å². The van der Waals surface area contributed by atoms with Gasteiger partial charge in [0.2, 0.25) is 0 Å². The molecular weight excluding hydrogens is 430 g/mol. The lowest BCUT2D eigenvalue weighted by Crippen LogP contribution is -2.12. The van der Waals surface area contributed by atoms with E-state index in [1.54, 1.807) is 24.3 Å². The molecule has 32 heavy (non-hydrogen) atoms. The smallest absolute Gasteiger partial charge is 0.339 e. The van der Waals surface area contributed by atoms with Crippen LogP contribution in [0, 0.1) is 11.3 Å². The number of phenols is 1. The van der Waals surface area contributed by atoms with E-state index in [0.717, 1.165) is 17.4 Å². The Bertz CT molecular complexity index is 1440. The molecular formula is C22H15N5O4S. The number of hydrogen-bond acceptors (Lipinski definition) is 8. The zero-order valence-electron chi connectivity index (χ0n) is 16.3. The zero-order valence-corrected chi connectivity index (χ0v) is 17.1. The van der Waals surface area contributed by atoms with E-state index in [0.29, 0.717) is 21.3 Å². The third kappa shape index (κ3) is 3.42. The fraction of sp³-hybridized carbons (Fsp3) is 0. The summed E-state index contributed by atoms with van der Waals surface area (Å²) in [6, 6.07) is 14.8. The Morgan fingerprint density at radius 1 is 1.12 bits per heavy atom. The van der Waals surface area contributed by atoms with Crippen molar-refractivity contribution in [3.8, 4) is 22.9 Å². The summed E-state index contributed by atoms with van der Waals surface area (Å²) < 4.78 is 0. The average Bonchev–Trinajstić information content (AvgIpc) is 3.10. The minimum absolute atomic E-state index is 0.0247. The highest BCUT2D eigenvalue weighted by atomic mass is 32.1. The van der Waals surface area contributed by atoms with Crippen LogP contribution in [-0.4, -0.2) is 27.1 Å². The number of aromatic nitrogens is 1. The third-order valence-electron chi connectivity index (χ3n) is 4.77. The highest BCUT2D eigenvalue weighted by Crippen LogP contribution is 2.42. The molecule has 0 atom stereocenters. The number of nitrogens with one attached hydrogen (secondary N) is 1. The maximum atomic E-state index is 12.9. The van der Waals surface area contributed by atoms with Crippen molar-refractivity contribution >= 4 is 50.6 Å². The second-order valence-electron chi connectivity index (χ2n) is 6.74. The summed E-state index contributed by atoms with van der Waals surface area (Å²) in [6.45, 7) is 0. The number of nitrogens with two attached hydrogens (primary N) is 2. The number of nitriles is 1. The van der Waals surface area contributed by atoms with E-state index in [9.17, 15) is 20.0 Å². The summed E-state index contributed by atoms with van der Waals surface area (Å²) in [7, 11) is 0. The first-order valence-electron chi connectivity index (χ1n) is 9.16. The highest BCUT2D eigenvalue weighted by Gasteiger charge is 2.24. The monoisotopic (exact) mass is 445 g/mol. The maximum Gasteiger partial charge on any atom is 0.339 e. The molecule has 0 unspecified atom stereocenters. The molecule has 9 nitrogen and oxygen atoms in total. The van der Waals surface area contributed by atoms with Crippen LogP contribution in [0.15, 0.2) is 48.5 Å². The van der Waals surface area contributed by atoms with Crippen LogP contribution in [0.3, 0.4) is 0 Å². The average molecular weight is 445 g/mol. The molecule has 0 aliphatic rings. The number of carbonyl (C=O) groups excluding carboxylic acids is 1. The van der Waals surface area contributed by atoms with Crippen LogP contribution in [0.1, 0.15) is 25.6 Å². The second-order valence-corrected chi connectivity index (χ2v) is 7.74. The van der Waals surface area contributed by atoms with Crippen molar-refractivity contribution in [1.82, 2.24) is 4.98 Å². The number of nitrogen functional groups attached to an aromatic ring is 2. The van der Waals surface area contributed by atoms with E-state index in [1.165, 1.54) is 12.1 Å². The van der Waals surface area contributed by atoms with Crippen molar-refractivity contribution in [2.45, 2.75) is 0 Å². The molecule has 158 valence electrons. The van der Waals surface area contributed by atoms with E-state index in [2.05, 4.69) is 16.4 Å². The van der Waals surface area contributed by atoms with Crippen molar-refractivity contribution in [1.29, 1.82) is 5.26 Å². The number of thiophene rings is 1. The first-order chi connectivity index (χ1) is 15.3. The fourth-order valence-corrected chi connectivity index (χ4v) is 4.33. The van der Waals surface area contributed by atoms with Gasteiger partial charge in [0, 0.05) is 16.6 Å². The van der Waals surface area contributed by atoms with E-state index < -0.39 is 17.6 Å². The van der Waals surface area contributed by atoms with Gasteiger partial charge in [-0.05, 0) is 23.8 Å². The van der Waals surface area contributed by atoms with E-state index in [4.69, 9.17) is 16.6 Å². The normalized spacial score (nSPS) is 10.6. The minimum Gasteiger partial charge on any atom is -0.507 e. The molecule has 0 fully saturated rings. The number of fused-ring (bicyclic) bond motifs is 1. The predicted molar refractivity (Wildman–Crippen MR) is 122 cm³/mol. The van der Waals surface area contributed by atoms with Gasteiger partial charge >= 0.3 is 5.97 Å². The molecule has 1 amide bonds. The minimum atomic E-state index is -1.34. The Morgan fingerprint density at radius 3 is 2.50 bits per heavy atom. The number of nitrogens with zero attached hydrogens (tertiary/aromatic N) is 2. The summed E-state index contributed by atoms with van der Waals surface area (Å²) in [5.74, 6) is -2.33. The fourth-order valence-electron chi connectivity index (χ4n) is 3.32. The van der Waals surface area contributed by atoms with Gasteiger partial charge in [0.15, 0.2) is 0 Å². The van der Waals surface area contributed by atoms with Crippen LogP contribution >= 0.6 is 11.3 Å². The number of rotatable bonds is 4. The number of carboxylic acid groups (broad SMARTS) is 1. The predicted octanol–water partition coefficient (Wildman–Crippen LogP) is 3.66. The molecule has 4 aromatic rings. The van der Waals surface area contributed by atoms with Crippen molar-refractivity contribution in [3.63, 3.8) is 0 Å². The number of benzene rings is 2. The standard InChI is InChI=1S/C22H15N5O4S/c23-9-13-15(10-4-2-1-3-5-10)16-17(24)18(32-21(16)27-19(13)25)20(29)26-11-6-7-14(28)12(8-11)22(30)31/h1-8,28H,24H2,(H2,25,27)(H,26,29)(H,30,31). The lowest BCUT2D eigenvalue weighted by molar-refractivity contribution is 0.0693. The highest BCUT2D eigenvalue weighted by molar-refractivity contribution is 7.21. The third-order valence-corrected chi connectivity index (χ3v) is 5.87. The maximum absolute atomic E-state index is 12.9. The summed E-state index contributed by atoms with van der Waals surface area (Å²) >= 11 is 1.00.